The van der Waals surface area contributed by atoms with Crippen molar-refractivity contribution in [2.75, 3.05) is 5.32 Å². The van der Waals surface area contributed by atoms with Crippen molar-refractivity contribution in [3.8, 4) is 0 Å². The van der Waals surface area contributed by atoms with Gasteiger partial charge in [-0.2, -0.15) is 0 Å². The molecule has 1 rings (SSSR count). The van der Waals surface area contributed by atoms with Crippen molar-refractivity contribution in [2.45, 2.75) is 32.7 Å². The number of hydrogen-bond acceptors (Lipinski definition) is 3. The lowest BCUT2D eigenvalue weighted by atomic mass is 10.1. The largest absolute Gasteiger partial charge is 0.478 e. The zero-order valence-corrected chi connectivity index (χ0v) is 9.03. The Kier molecular flexibility index (Phi) is 4.09. The highest BCUT2D eigenvalue weighted by Crippen LogP contribution is 2.12. The third kappa shape index (κ3) is 3.23. The van der Waals surface area contributed by atoms with Gasteiger partial charge in [-0.1, -0.05) is 13.8 Å². The molecule has 0 atom stereocenters. The normalized spacial score (nSPS) is 10.3. The average Bonchev–Trinajstić information content (AvgIpc) is 2.26. The second-order valence-electron chi connectivity index (χ2n) is 3.43. The smallest absolute Gasteiger partial charge is 0.337 e. The molecule has 1 aromatic heterocycles. The molecular formula is C11H16N2O2. The number of anilines is 1. The van der Waals surface area contributed by atoms with Gasteiger partial charge >= 0.3 is 5.97 Å². The van der Waals surface area contributed by atoms with E-state index in [1.54, 1.807) is 12.3 Å². The maximum absolute atomic E-state index is 10.7. The van der Waals surface area contributed by atoms with Crippen LogP contribution in [0, 0.1) is 0 Å². The van der Waals surface area contributed by atoms with Gasteiger partial charge in [0.25, 0.3) is 0 Å². The van der Waals surface area contributed by atoms with Crippen molar-refractivity contribution >= 4 is 11.7 Å². The third-order valence-corrected chi connectivity index (χ3v) is 2.34. The van der Waals surface area contributed by atoms with Gasteiger partial charge < -0.3 is 10.4 Å². The molecule has 0 unspecified atom stereocenters. The number of carboxylic acids is 1. The molecule has 0 aliphatic rings. The minimum atomic E-state index is -0.948. The summed E-state index contributed by atoms with van der Waals surface area (Å²) in [5.74, 6) is -0.948. The highest BCUT2D eigenvalue weighted by molar-refractivity contribution is 5.88. The Hall–Kier alpha value is -1.58. The zero-order valence-electron chi connectivity index (χ0n) is 9.03. The van der Waals surface area contributed by atoms with Crippen LogP contribution in [-0.2, 0) is 0 Å². The van der Waals surface area contributed by atoms with E-state index >= 15 is 0 Å². The van der Waals surface area contributed by atoms with Crippen LogP contribution in [0.5, 0.6) is 0 Å². The molecule has 4 nitrogen and oxygen atoms in total. The molecule has 0 aliphatic heterocycles. The summed E-state index contributed by atoms with van der Waals surface area (Å²) in [6.45, 7) is 4.19. The van der Waals surface area contributed by atoms with Gasteiger partial charge in [0.2, 0.25) is 0 Å². The fourth-order valence-electron chi connectivity index (χ4n) is 1.36. The molecule has 0 radical (unpaired) electrons. The molecule has 15 heavy (non-hydrogen) atoms. The van der Waals surface area contributed by atoms with E-state index in [1.165, 1.54) is 6.20 Å². The molecule has 0 fully saturated rings. The van der Waals surface area contributed by atoms with Crippen LogP contribution in [0.15, 0.2) is 18.5 Å². The topological polar surface area (TPSA) is 62.2 Å². The summed E-state index contributed by atoms with van der Waals surface area (Å²) >= 11 is 0. The Balaban J connectivity index is 2.77. The predicted octanol–water partition coefficient (Wildman–Crippen LogP) is 2.38. The van der Waals surface area contributed by atoms with E-state index in [4.69, 9.17) is 5.11 Å². The highest BCUT2D eigenvalue weighted by atomic mass is 16.4. The Morgan fingerprint density at radius 3 is 2.67 bits per heavy atom. The summed E-state index contributed by atoms with van der Waals surface area (Å²) in [6, 6.07) is 1.98. The van der Waals surface area contributed by atoms with Crippen LogP contribution in [0.3, 0.4) is 0 Å². The number of nitrogens with zero attached hydrogens (tertiary/aromatic N) is 1. The van der Waals surface area contributed by atoms with Crippen LogP contribution in [-0.4, -0.2) is 22.1 Å². The molecule has 0 saturated carbocycles. The SMILES string of the molecule is CCC(CC)Nc1cncc(C(=O)O)c1. The van der Waals surface area contributed by atoms with Crippen molar-refractivity contribution in [1.29, 1.82) is 0 Å². The van der Waals surface area contributed by atoms with E-state index in [0.717, 1.165) is 18.5 Å². The molecule has 4 heteroatoms. The van der Waals surface area contributed by atoms with E-state index < -0.39 is 5.97 Å². The van der Waals surface area contributed by atoms with Gasteiger partial charge in [-0.25, -0.2) is 4.79 Å². The van der Waals surface area contributed by atoms with E-state index in [-0.39, 0.29) is 5.56 Å². The first-order valence-corrected chi connectivity index (χ1v) is 5.12. The number of carbonyl (C=O) groups is 1. The Bertz CT molecular complexity index is 335. The van der Waals surface area contributed by atoms with E-state index in [9.17, 15) is 4.79 Å². The van der Waals surface area contributed by atoms with Gasteiger partial charge in [0.15, 0.2) is 0 Å². The van der Waals surface area contributed by atoms with Crippen LogP contribution in [0.2, 0.25) is 0 Å². The molecule has 0 bridgehead atoms. The summed E-state index contributed by atoms with van der Waals surface area (Å²) in [5.41, 5.74) is 0.981. The van der Waals surface area contributed by atoms with Crippen LogP contribution in [0.25, 0.3) is 0 Å². The summed E-state index contributed by atoms with van der Waals surface area (Å²) in [7, 11) is 0. The number of rotatable bonds is 5. The van der Waals surface area contributed by atoms with Crippen molar-refractivity contribution in [3.63, 3.8) is 0 Å². The van der Waals surface area contributed by atoms with Crippen LogP contribution in [0.1, 0.15) is 37.0 Å². The standard InChI is InChI=1S/C11H16N2O2/c1-3-9(4-2)13-10-5-8(11(14)15)6-12-7-10/h5-7,9,13H,3-4H2,1-2H3,(H,14,15). The number of aromatic nitrogens is 1. The number of carboxylic acid groups (broad SMARTS) is 1. The maximum atomic E-state index is 10.7. The van der Waals surface area contributed by atoms with Crippen LogP contribution >= 0.6 is 0 Å². The Labute approximate surface area is 89.3 Å². The van der Waals surface area contributed by atoms with Gasteiger partial charge in [-0.05, 0) is 18.9 Å². The lowest BCUT2D eigenvalue weighted by Crippen LogP contribution is -2.17. The third-order valence-electron chi connectivity index (χ3n) is 2.34. The Morgan fingerprint density at radius 1 is 1.47 bits per heavy atom. The molecular weight excluding hydrogens is 192 g/mol. The summed E-state index contributed by atoms with van der Waals surface area (Å²) < 4.78 is 0. The second kappa shape index (κ2) is 5.34. The highest BCUT2D eigenvalue weighted by Gasteiger charge is 2.06. The Morgan fingerprint density at radius 2 is 2.13 bits per heavy atom. The maximum Gasteiger partial charge on any atom is 0.337 e. The quantitative estimate of drug-likeness (QED) is 0.779. The van der Waals surface area contributed by atoms with Gasteiger partial charge in [0, 0.05) is 18.4 Å². The minimum Gasteiger partial charge on any atom is -0.478 e. The molecule has 0 aliphatic carbocycles. The van der Waals surface area contributed by atoms with Gasteiger partial charge in [0.05, 0.1) is 11.3 Å². The van der Waals surface area contributed by atoms with Crippen molar-refractivity contribution in [1.82, 2.24) is 4.98 Å². The average molecular weight is 208 g/mol. The predicted molar refractivity (Wildman–Crippen MR) is 59.2 cm³/mol. The number of nitrogens with one attached hydrogen (secondary N) is 1. The van der Waals surface area contributed by atoms with Gasteiger partial charge in [-0.15, -0.1) is 0 Å². The van der Waals surface area contributed by atoms with Gasteiger partial charge in [-0.3, -0.25) is 4.98 Å². The number of pyridine rings is 1. The monoisotopic (exact) mass is 208 g/mol. The van der Waals surface area contributed by atoms with Crippen LogP contribution < -0.4 is 5.32 Å². The molecule has 2 N–H and O–H groups in total. The molecule has 0 spiro atoms. The first-order chi connectivity index (χ1) is 7.17. The molecule has 1 aromatic rings. The second-order valence-corrected chi connectivity index (χ2v) is 3.43. The summed E-state index contributed by atoms with van der Waals surface area (Å²) in [6.07, 6.45) is 5.01. The lowest BCUT2D eigenvalue weighted by molar-refractivity contribution is 0.0696. The van der Waals surface area contributed by atoms with Crippen molar-refractivity contribution < 1.29 is 9.90 Å². The summed E-state index contributed by atoms with van der Waals surface area (Å²) in [5, 5.41) is 12.0. The van der Waals surface area contributed by atoms with Crippen LogP contribution in [0.4, 0.5) is 5.69 Å². The molecule has 0 aromatic carbocycles. The fraction of sp³-hybridized carbons (Fsp3) is 0.455. The molecule has 82 valence electrons. The molecule has 0 amide bonds. The lowest BCUT2D eigenvalue weighted by Gasteiger charge is -2.15. The molecule has 1 heterocycles. The summed E-state index contributed by atoms with van der Waals surface area (Å²) in [4.78, 5) is 14.6. The van der Waals surface area contributed by atoms with E-state index in [2.05, 4.69) is 24.1 Å². The number of aromatic carboxylic acids is 1. The van der Waals surface area contributed by atoms with E-state index in [0.29, 0.717) is 6.04 Å². The fourth-order valence-corrected chi connectivity index (χ4v) is 1.36. The zero-order chi connectivity index (χ0) is 11.3. The number of hydrogen-bond donors (Lipinski definition) is 2. The molecule has 0 saturated heterocycles. The first-order valence-electron chi connectivity index (χ1n) is 5.12. The van der Waals surface area contributed by atoms with E-state index in [1.807, 2.05) is 0 Å². The first kappa shape index (κ1) is 11.5. The van der Waals surface area contributed by atoms with Crippen molar-refractivity contribution in [2.24, 2.45) is 0 Å². The van der Waals surface area contributed by atoms with Gasteiger partial charge in [0.1, 0.15) is 0 Å². The van der Waals surface area contributed by atoms with Crippen molar-refractivity contribution in [3.05, 3.63) is 24.0 Å². The minimum absolute atomic E-state index is 0.214.